The van der Waals surface area contributed by atoms with Gasteiger partial charge in [0.05, 0.1) is 0 Å². The molecule has 1 N–H and O–H groups in total. The second kappa shape index (κ2) is 5.28. The maximum atomic E-state index is 3.61. The predicted octanol–water partition coefficient (Wildman–Crippen LogP) is 5.13. The van der Waals surface area contributed by atoms with Crippen molar-refractivity contribution in [1.29, 1.82) is 0 Å². The molecule has 1 heterocycles. The third-order valence-electron chi connectivity index (χ3n) is 4.24. The van der Waals surface area contributed by atoms with E-state index in [0.29, 0.717) is 0 Å². The Labute approximate surface area is 129 Å². The van der Waals surface area contributed by atoms with Crippen LogP contribution in [0.15, 0.2) is 47.8 Å². The second-order valence-corrected chi connectivity index (χ2v) is 6.87. The van der Waals surface area contributed by atoms with Crippen LogP contribution in [0.25, 0.3) is 21.2 Å². The Morgan fingerprint density at radius 1 is 1.10 bits per heavy atom. The molecule has 0 amide bonds. The molecule has 0 spiro atoms. The summed E-state index contributed by atoms with van der Waals surface area (Å²) in [5, 5.41) is 7.13. The molecule has 1 aromatic heterocycles. The Bertz CT molecular complexity index is 783. The van der Waals surface area contributed by atoms with Crippen LogP contribution in [0.1, 0.15) is 24.0 Å². The minimum absolute atomic E-state index is 0.760. The van der Waals surface area contributed by atoms with Crippen LogP contribution < -0.4 is 5.32 Å². The molecule has 0 saturated heterocycles. The largest absolute Gasteiger partial charge is 0.310 e. The lowest BCUT2D eigenvalue weighted by Crippen LogP contribution is -2.15. The number of fused-ring (bicyclic) bond motifs is 1. The average Bonchev–Trinajstić information content (AvgIpc) is 3.21. The van der Waals surface area contributed by atoms with Gasteiger partial charge in [-0.3, -0.25) is 0 Å². The zero-order valence-electron chi connectivity index (χ0n) is 12.2. The molecule has 1 nitrogen and oxygen atoms in total. The molecule has 1 saturated carbocycles. The van der Waals surface area contributed by atoms with Crippen LogP contribution in [0.4, 0.5) is 0 Å². The first-order chi connectivity index (χ1) is 10.3. The van der Waals surface area contributed by atoms with Crippen molar-refractivity contribution in [3.05, 3.63) is 59.0 Å². The van der Waals surface area contributed by atoms with E-state index >= 15 is 0 Å². The molecule has 0 unspecified atom stereocenters. The van der Waals surface area contributed by atoms with Gasteiger partial charge in [-0.2, -0.15) is 0 Å². The highest BCUT2D eigenvalue weighted by molar-refractivity contribution is 7.17. The first-order valence-electron chi connectivity index (χ1n) is 7.61. The summed E-state index contributed by atoms with van der Waals surface area (Å²) in [6.07, 6.45) is 2.68. The maximum absolute atomic E-state index is 3.61. The van der Waals surface area contributed by atoms with Gasteiger partial charge in [0, 0.05) is 17.3 Å². The van der Waals surface area contributed by atoms with Gasteiger partial charge in [0.25, 0.3) is 0 Å². The zero-order valence-corrected chi connectivity index (χ0v) is 13.0. The molecule has 2 aromatic carbocycles. The van der Waals surface area contributed by atoms with E-state index in [4.69, 9.17) is 0 Å². The highest BCUT2D eigenvalue weighted by Crippen LogP contribution is 2.34. The molecule has 1 aliphatic rings. The lowest BCUT2D eigenvalue weighted by Gasteiger charge is -2.11. The highest BCUT2D eigenvalue weighted by Gasteiger charge is 2.20. The summed E-state index contributed by atoms with van der Waals surface area (Å²) in [6.45, 7) is 3.19. The summed E-state index contributed by atoms with van der Waals surface area (Å²) in [4.78, 5) is 0. The van der Waals surface area contributed by atoms with Crippen molar-refractivity contribution in [2.45, 2.75) is 32.4 Å². The van der Waals surface area contributed by atoms with Crippen molar-refractivity contribution in [2.24, 2.45) is 0 Å². The normalized spacial score (nSPS) is 14.7. The summed E-state index contributed by atoms with van der Waals surface area (Å²) in [5.74, 6) is 0. The molecule has 1 aliphatic carbocycles. The Balaban J connectivity index is 1.75. The van der Waals surface area contributed by atoms with Crippen LogP contribution in [0.2, 0.25) is 0 Å². The molecule has 2 heteroatoms. The summed E-state index contributed by atoms with van der Waals surface area (Å²) >= 11 is 1.84. The van der Waals surface area contributed by atoms with Crippen LogP contribution in [0.5, 0.6) is 0 Å². The van der Waals surface area contributed by atoms with Gasteiger partial charge in [0.1, 0.15) is 0 Å². The highest BCUT2D eigenvalue weighted by atomic mass is 32.1. The number of benzene rings is 2. The number of thiophene rings is 1. The van der Waals surface area contributed by atoms with Gasteiger partial charge in [-0.25, -0.2) is 0 Å². The Morgan fingerprint density at radius 3 is 2.86 bits per heavy atom. The van der Waals surface area contributed by atoms with Crippen molar-refractivity contribution >= 4 is 21.4 Å². The molecule has 106 valence electrons. The molecular weight excluding hydrogens is 274 g/mol. The van der Waals surface area contributed by atoms with E-state index < -0.39 is 0 Å². The van der Waals surface area contributed by atoms with E-state index in [-0.39, 0.29) is 0 Å². The Kier molecular flexibility index (Phi) is 3.28. The topological polar surface area (TPSA) is 12.0 Å². The van der Waals surface area contributed by atoms with Gasteiger partial charge in [-0.1, -0.05) is 30.3 Å². The molecule has 1 fully saturated rings. The third kappa shape index (κ3) is 2.61. The van der Waals surface area contributed by atoms with Gasteiger partial charge < -0.3 is 5.32 Å². The second-order valence-electron chi connectivity index (χ2n) is 5.95. The van der Waals surface area contributed by atoms with Gasteiger partial charge in [0.15, 0.2) is 0 Å². The van der Waals surface area contributed by atoms with Gasteiger partial charge in [-0.05, 0) is 64.9 Å². The Hall–Kier alpha value is -1.64. The van der Waals surface area contributed by atoms with Crippen LogP contribution >= 0.6 is 11.3 Å². The fraction of sp³-hybridized carbons (Fsp3) is 0.263. The molecule has 0 atom stereocenters. The number of nitrogens with one attached hydrogen (secondary N) is 1. The molecule has 4 rings (SSSR count). The van der Waals surface area contributed by atoms with Crippen LogP contribution in [0, 0.1) is 6.92 Å². The third-order valence-corrected chi connectivity index (χ3v) is 5.21. The van der Waals surface area contributed by atoms with Crippen molar-refractivity contribution in [3.8, 4) is 11.1 Å². The van der Waals surface area contributed by atoms with E-state index in [1.807, 2.05) is 11.3 Å². The summed E-state index contributed by atoms with van der Waals surface area (Å²) < 4.78 is 1.40. The average molecular weight is 293 g/mol. The molecule has 0 aliphatic heterocycles. The molecule has 0 bridgehead atoms. The summed E-state index contributed by atoms with van der Waals surface area (Å²) in [7, 11) is 0. The number of hydrogen-bond donors (Lipinski definition) is 1. The molecule has 0 radical (unpaired) electrons. The standard InChI is InChI=1S/C19H19NS/c1-13-5-6-14(12-20-16-7-8-16)11-18(13)17-4-2-3-15-9-10-21-19(15)17/h2-6,9-11,16,20H,7-8,12H2,1H3. The quantitative estimate of drug-likeness (QED) is 0.703. The lowest BCUT2D eigenvalue weighted by molar-refractivity contribution is 0.688. The fourth-order valence-electron chi connectivity index (χ4n) is 2.82. The monoisotopic (exact) mass is 293 g/mol. The molecule has 3 aromatic rings. The minimum Gasteiger partial charge on any atom is -0.310 e. The van der Waals surface area contributed by atoms with Gasteiger partial charge in [-0.15, -0.1) is 11.3 Å². The number of rotatable bonds is 4. The first-order valence-corrected chi connectivity index (χ1v) is 8.49. The number of hydrogen-bond acceptors (Lipinski definition) is 2. The van der Waals surface area contributed by atoms with Crippen molar-refractivity contribution in [2.75, 3.05) is 0 Å². The summed E-state index contributed by atoms with van der Waals surface area (Å²) in [5.41, 5.74) is 5.48. The van der Waals surface area contributed by atoms with E-state index in [1.54, 1.807) is 0 Å². The maximum Gasteiger partial charge on any atom is 0.0421 e. The van der Waals surface area contributed by atoms with E-state index in [2.05, 4.69) is 60.1 Å². The fourth-order valence-corrected chi connectivity index (χ4v) is 3.75. The van der Waals surface area contributed by atoms with Crippen LogP contribution in [-0.2, 0) is 6.54 Å². The molecular formula is C19H19NS. The van der Waals surface area contributed by atoms with E-state index in [0.717, 1.165) is 12.6 Å². The van der Waals surface area contributed by atoms with Crippen molar-refractivity contribution in [1.82, 2.24) is 5.32 Å². The van der Waals surface area contributed by atoms with Crippen molar-refractivity contribution < 1.29 is 0 Å². The van der Waals surface area contributed by atoms with Crippen LogP contribution in [-0.4, -0.2) is 6.04 Å². The van der Waals surface area contributed by atoms with Gasteiger partial charge in [0.2, 0.25) is 0 Å². The van der Waals surface area contributed by atoms with Gasteiger partial charge >= 0.3 is 0 Å². The summed E-state index contributed by atoms with van der Waals surface area (Å²) in [6, 6.07) is 16.4. The van der Waals surface area contributed by atoms with E-state index in [9.17, 15) is 0 Å². The van der Waals surface area contributed by atoms with Crippen molar-refractivity contribution in [3.63, 3.8) is 0 Å². The number of aryl methyl sites for hydroxylation is 1. The SMILES string of the molecule is Cc1ccc(CNC2CC2)cc1-c1cccc2ccsc12. The smallest absolute Gasteiger partial charge is 0.0421 e. The van der Waals surface area contributed by atoms with E-state index in [1.165, 1.54) is 45.2 Å². The first kappa shape index (κ1) is 13.1. The minimum atomic E-state index is 0.760. The van der Waals surface area contributed by atoms with Crippen LogP contribution in [0.3, 0.4) is 0 Å². The predicted molar refractivity (Wildman–Crippen MR) is 91.9 cm³/mol. The lowest BCUT2D eigenvalue weighted by atomic mass is 9.97. The Morgan fingerprint density at radius 2 is 2.00 bits per heavy atom. The molecule has 21 heavy (non-hydrogen) atoms. The zero-order chi connectivity index (χ0) is 14.2.